The van der Waals surface area contributed by atoms with E-state index in [1.807, 2.05) is 30.5 Å². The molecule has 0 radical (unpaired) electrons. The Morgan fingerprint density at radius 1 is 1.11 bits per heavy atom. The summed E-state index contributed by atoms with van der Waals surface area (Å²) in [4.78, 5) is 15.4. The average Bonchev–Trinajstić information content (AvgIpc) is 3.32. The molecule has 134 valence electrons. The highest BCUT2D eigenvalue weighted by Crippen LogP contribution is 2.27. The molecule has 0 spiro atoms. The molecule has 8 heteroatoms. The Kier molecular flexibility index (Phi) is 4.66. The van der Waals surface area contributed by atoms with E-state index < -0.39 is 5.91 Å². The van der Waals surface area contributed by atoms with Crippen LogP contribution in [-0.2, 0) is 0 Å². The van der Waals surface area contributed by atoms with Gasteiger partial charge in [0.25, 0.3) is 5.91 Å². The lowest BCUT2D eigenvalue weighted by atomic mass is 10.1. The minimum absolute atomic E-state index is 0.284. The number of hydrogen-bond donors (Lipinski definition) is 3. The van der Waals surface area contributed by atoms with E-state index in [4.69, 9.17) is 23.2 Å². The molecule has 6 nitrogen and oxygen atoms in total. The normalized spacial score (nSPS) is 11.3. The lowest BCUT2D eigenvalue weighted by Gasteiger charge is -1.98. The Bertz CT molecular complexity index is 1160. The highest BCUT2D eigenvalue weighted by molar-refractivity contribution is 6.42. The van der Waals surface area contributed by atoms with Crippen molar-refractivity contribution in [2.45, 2.75) is 0 Å². The fourth-order valence-corrected chi connectivity index (χ4v) is 2.96. The average molecular weight is 398 g/mol. The summed E-state index contributed by atoms with van der Waals surface area (Å²) in [6, 6.07) is 14.6. The van der Waals surface area contributed by atoms with E-state index in [1.165, 1.54) is 0 Å². The van der Waals surface area contributed by atoms with Crippen LogP contribution in [0.25, 0.3) is 22.2 Å². The van der Waals surface area contributed by atoms with Crippen molar-refractivity contribution in [1.82, 2.24) is 20.6 Å². The Labute approximate surface area is 164 Å². The number of H-pyrrole nitrogens is 2. The highest BCUT2D eigenvalue weighted by Gasteiger charge is 2.11. The molecular formula is C19H13Cl2N5O. The van der Waals surface area contributed by atoms with Crippen LogP contribution in [0.1, 0.15) is 16.1 Å². The number of fused-ring (bicyclic) bond motifs is 1. The van der Waals surface area contributed by atoms with Crippen LogP contribution in [0, 0.1) is 0 Å². The number of nitrogens with one attached hydrogen (secondary N) is 3. The SMILES string of the molecule is O=C(N/N=C\c1c[nH]c2ccccc12)c1cc(-c2ccc(Cl)c(Cl)c2)n[nH]1. The molecule has 0 fully saturated rings. The zero-order chi connectivity index (χ0) is 18.8. The number of aromatic nitrogens is 3. The third-order valence-electron chi connectivity index (χ3n) is 4.03. The van der Waals surface area contributed by atoms with E-state index >= 15 is 0 Å². The summed E-state index contributed by atoms with van der Waals surface area (Å²) in [7, 11) is 0. The number of carbonyl (C=O) groups is 1. The molecule has 1 amide bonds. The Morgan fingerprint density at radius 2 is 1.96 bits per heavy atom. The van der Waals surface area contributed by atoms with Crippen LogP contribution in [0.5, 0.6) is 0 Å². The summed E-state index contributed by atoms with van der Waals surface area (Å²) in [5.41, 5.74) is 5.99. The van der Waals surface area contributed by atoms with Gasteiger partial charge in [-0.1, -0.05) is 47.5 Å². The lowest BCUT2D eigenvalue weighted by molar-refractivity contribution is 0.0950. The minimum atomic E-state index is -0.398. The number of nitrogens with zero attached hydrogens (tertiary/aromatic N) is 2. The van der Waals surface area contributed by atoms with Gasteiger partial charge < -0.3 is 4.98 Å². The van der Waals surface area contributed by atoms with Crippen molar-refractivity contribution in [1.29, 1.82) is 0 Å². The van der Waals surface area contributed by atoms with Crippen LogP contribution in [0.3, 0.4) is 0 Å². The number of amides is 1. The van der Waals surface area contributed by atoms with Crippen molar-refractivity contribution in [3.63, 3.8) is 0 Å². The lowest BCUT2D eigenvalue weighted by Crippen LogP contribution is -2.17. The number of rotatable bonds is 4. The Morgan fingerprint density at radius 3 is 2.81 bits per heavy atom. The minimum Gasteiger partial charge on any atom is -0.361 e. The topological polar surface area (TPSA) is 85.9 Å². The van der Waals surface area contributed by atoms with Gasteiger partial charge in [0.1, 0.15) is 5.69 Å². The summed E-state index contributed by atoms with van der Waals surface area (Å²) in [5.74, 6) is -0.398. The van der Waals surface area contributed by atoms with Gasteiger partial charge in [-0.05, 0) is 24.3 Å². The maximum atomic E-state index is 12.3. The maximum absolute atomic E-state index is 12.3. The van der Waals surface area contributed by atoms with Crippen molar-refractivity contribution in [2.24, 2.45) is 5.10 Å². The number of benzene rings is 2. The first-order chi connectivity index (χ1) is 13.1. The van der Waals surface area contributed by atoms with Crippen molar-refractivity contribution in [3.8, 4) is 11.3 Å². The van der Waals surface area contributed by atoms with E-state index in [9.17, 15) is 4.79 Å². The standard InChI is InChI=1S/C19H13Cl2N5O/c20-14-6-5-11(7-15(14)21)17-8-18(25-24-17)19(27)26-23-10-12-9-22-16-4-2-1-3-13(12)16/h1-10,22H,(H,24,25)(H,26,27)/b23-10-. The van der Waals surface area contributed by atoms with Crippen LogP contribution < -0.4 is 5.43 Å². The molecule has 0 aliphatic carbocycles. The van der Waals surface area contributed by atoms with Crippen molar-refractivity contribution in [2.75, 3.05) is 0 Å². The molecule has 0 aliphatic heterocycles. The summed E-state index contributed by atoms with van der Waals surface area (Å²) < 4.78 is 0. The third kappa shape index (κ3) is 3.58. The number of carbonyl (C=O) groups excluding carboxylic acids is 1. The molecule has 4 aromatic rings. The summed E-state index contributed by atoms with van der Waals surface area (Å²) in [5, 5.41) is 12.8. The van der Waals surface area contributed by atoms with Gasteiger partial charge in [0, 0.05) is 28.2 Å². The highest BCUT2D eigenvalue weighted by atomic mass is 35.5. The summed E-state index contributed by atoms with van der Waals surface area (Å²) in [6.45, 7) is 0. The van der Waals surface area contributed by atoms with Gasteiger partial charge in [-0.3, -0.25) is 9.89 Å². The molecule has 2 heterocycles. The quantitative estimate of drug-likeness (QED) is 0.346. The van der Waals surface area contributed by atoms with Crippen molar-refractivity contribution >= 4 is 46.2 Å². The predicted octanol–water partition coefficient (Wildman–Crippen LogP) is 4.63. The van der Waals surface area contributed by atoms with Gasteiger partial charge in [-0.15, -0.1) is 0 Å². The number of aromatic amines is 2. The van der Waals surface area contributed by atoms with E-state index in [0.29, 0.717) is 15.7 Å². The van der Waals surface area contributed by atoms with Crippen molar-refractivity contribution in [3.05, 3.63) is 76.0 Å². The second-order valence-corrected chi connectivity index (χ2v) is 6.60. The van der Waals surface area contributed by atoms with E-state index in [1.54, 1.807) is 30.5 Å². The summed E-state index contributed by atoms with van der Waals surface area (Å²) in [6.07, 6.45) is 3.42. The fraction of sp³-hybridized carbons (Fsp3) is 0. The Balaban J connectivity index is 1.47. The second kappa shape index (κ2) is 7.26. The van der Waals surface area contributed by atoms with Gasteiger partial charge in [0.2, 0.25) is 0 Å². The molecule has 0 unspecified atom stereocenters. The van der Waals surface area contributed by atoms with E-state index in [-0.39, 0.29) is 5.69 Å². The second-order valence-electron chi connectivity index (χ2n) is 5.78. The molecule has 0 saturated heterocycles. The third-order valence-corrected chi connectivity index (χ3v) is 4.77. The first kappa shape index (κ1) is 17.3. The largest absolute Gasteiger partial charge is 0.361 e. The van der Waals surface area contributed by atoms with E-state index in [2.05, 4.69) is 25.7 Å². The van der Waals surface area contributed by atoms with Gasteiger partial charge in [0.15, 0.2) is 0 Å². The summed E-state index contributed by atoms with van der Waals surface area (Å²) >= 11 is 11.9. The number of halogens is 2. The Hall–Kier alpha value is -3.09. The van der Waals surface area contributed by atoms with Gasteiger partial charge in [-0.2, -0.15) is 10.2 Å². The van der Waals surface area contributed by atoms with Crippen LogP contribution in [0.2, 0.25) is 10.0 Å². The molecular weight excluding hydrogens is 385 g/mol. The van der Waals surface area contributed by atoms with Gasteiger partial charge in [-0.25, -0.2) is 5.43 Å². The van der Waals surface area contributed by atoms with E-state index in [0.717, 1.165) is 22.0 Å². The molecule has 3 N–H and O–H groups in total. The predicted molar refractivity (Wildman–Crippen MR) is 107 cm³/mol. The number of hydrogen-bond acceptors (Lipinski definition) is 3. The molecule has 4 rings (SSSR count). The zero-order valence-corrected chi connectivity index (χ0v) is 15.3. The smallest absolute Gasteiger partial charge is 0.289 e. The number of para-hydroxylation sites is 1. The molecule has 2 aromatic heterocycles. The van der Waals surface area contributed by atoms with Gasteiger partial charge in [0.05, 0.1) is 22.0 Å². The first-order valence-corrected chi connectivity index (χ1v) is 8.78. The molecule has 0 aliphatic rings. The molecule has 0 saturated carbocycles. The number of hydrazone groups is 1. The van der Waals surface area contributed by atoms with Crippen molar-refractivity contribution < 1.29 is 4.79 Å². The monoisotopic (exact) mass is 397 g/mol. The van der Waals surface area contributed by atoms with Crippen LogP contribution in [0.4, 0.5) is 0 Å². The molecule has 0 atom stereocenters. The first-order valence-electron chi connectivity index (χ1n) is 8.02. The van der Waals surface area contributed by atoms with Gasteiger partial charge >= 0.3 is 0 Å². The van der Waals surface area contributed by atoms with Crippen LogP contribution >= 0.6 is 23.2 Å². The molecule has 27 heavy (non-hydrogen) atoms. The molecule has 0 bridgehead atoms. The molecule has 2 aromatic carbocycles. The zero-order valence-electron chi connectivity index (χ0n) is 13.8. The van der Waals surface area contributed by atoms with Crippen LogP contribution in [0.15, 0.2) is 59.8 Å². The van der Waals surface area contributed by atoms with Crippen LogP contribution in [-0.4, -0.2) is 27.3 Å². The fourth-order valence-electron chi connectivity index (χ4n) is 2.66. The maximum Gasteiger partial charge on any atom is 0.289 e.